The average Bonchev–Trinajstić information content (AvgIpc) is 2.67. The molecule has 0 fully saturated rings. The van der Waals surface area contributed by atoms with Gasteiger partial charge in [-0.1, -0.05) is 6.07 Å². The second kappa shape index (κ2) is 4.53. The molecular formula is C12H16N4O. The Balaban J connectivity index is 2.14. The molecule has 0 saturated heterocycles. The number of hydrogen-bond donors (Lipinski definition) is 0. The minimum atomic E-state index is 0.345. The van der Waals surface area contributed by atoms with Gasteiger partial charge in [-0.3, -0.25) is 0 Å². The summed E-state index contributed by atoms with van der Waals surface area (Å²) in [4.78, 5) is 1.42. The molecule has 0 aliphatic carbocycles. The monoisotopic (exact) mass is 232 g/mol. The third-order valence-electron chi connectivity index (χ3n) is 2.67. The van der Waals surface area contributed by atoms with Crippen LogP contribution in [0.25, 0.3) is 0 Å². The minimum Gasteiger partial charge on any atom is -0.485 e. The van der Waals surface area contributed by atoms with Crippen molar-refractivity contribution in [1.29, 1.82) is 0 Å². The summed E-state index contributed by atoms with van der Waals surface area (Å²) < 4.78 is 5.72. The lowest BCUT2D eigenvalue weighted by molar-refractivity contribution is 0.293. The first kappa shape index (κ1) is 11.6. The third kappa shape index (κ3) is 2.61. The molecule has 0 N–H and O–H groups in total. The predicted molar refractivity (Wildman–Crippen MR) is 63.8 cm³/mol. The van der Waals surface area contributed by atoms with Crippen LogP contribution in [-0.2, 0) is 13.7 Å². The average molecular weight is 232 g/mol. The second-order valence-corrected chi connectivity index (χ2v) is 4.19. The Labute approximate surface area is 100 Å². The van der Waals surface area contributed by atoms with E-state index in [1.807, 2.05) is 13.0 Å². The van der Waals surface area contributed by atoms with Crippen LogP contribution >= 0.6 is 0 Å². The normalized spacial score (nSPS) is 10.6. The molecule has 0 unspecified atom stereocenters. The van der Waals surface area contributed by atoms with Crippen molar-refractivity contribution in [3.8, 4) is 5.75 Å². The van der Waals surface area contributed by atoms with Gasteiger partial charge in [-0.05, 0) is 48.7 Å². The molecule has 1 aromatic carbocycles. The Morgan fingerprint density at radius 1 is 1.24 bits per heavy atom. The zero-order chi connectivity index (χ0) is 12.4. The summed E-state index contributed by atoms with van der Waals surface area (Å²) in [5, 5.41) is 11.7. The van der Waals surface area contributed by atoms with Gasteiger partial charge in [0.15, 0.2) is 6.61 Å². The number of aryl methyl sites for hydroxylation is 3. The van der Waals surface area contributed by atoms with E-state index in [1.54, 1.807) is 7.05 Å². The van der Waals surface area contributed by atoms with Crippen LogP contribution in [0.15, 0.2) is 12.1 Å². The first-order chi connectivity index (χ1) is 8.06. The van der Waals surface area contributed by atoms with Crippen molar-refractivity contribution in [3.63, 3.8) is 0 Å². The van der Waals surface area contributed by atoms with Crippen molar-refractivity contribution in [2.75, 3.05) is 0 Å². The van der Waals surface area contributed by atoms with E-state index >= 15 is 0 Å². The molecule has 0 atom stereocenters. The third-order valence-corrected chi connectivity index (χ3v) is 2.67. The molecule has 0 aliphatic rings. The highest BCUT2D eigenvalue weighted by molar-refractivity contribution is 5.41. The van der Waals surface area contributed by atoms with Gasteiger partial charge in [-0.2, -0.15) is 4.80 Å². The van der Waals surface area contributed by atoms with Gasteiger partial charge in [-0.15, -0.1) is 10.2 Å². The summed E-state index contributed by atoms with van der Waals surface area (Å²) in [6.45, 7) is 6.53. The second-order valence-electron chi connectivity index (χ2n) is 4.19. The summed E-state index contributed by atoms with van der Waals surface area (Å²) in [6, 6.07) is 4.17. The fourth-order valence-electron chi connectivity index (χ4n) is 1.67. The standard InChI is InChI=1S/C12H16N4O/c1-8-5-9(2)10(3)11(6-8)17-7-12-13-15-16(4)14-12/h5-6H,7H2,1-4H3. The number of hydrogen-bond acceptors (Lipinski definition) is 4. The molecular weight excluding hydrogens is 216 g/mol. The first-order valence-corrected chi connectivity index (χ1v) is 5.50. The molecule has 0 amide bonds. The summed E-state index contributed by atoms with van der Waals surface area (Å²) in [5.74, 6) is 1.47. The Kier molecular flexibility index (Phi) is 3.08. The van der Waals surface area contributed by atoms with E-state index in [-0.39, 0.29) is 0 Å². The maximum atomic E-state index is 5.72. The molecule has 2 rings (SSSR count). The molecule has 0 saturated carbocycles. The molecule has 17 heavy (non-hydrogen) atoms. The Hall–Kier alpha value is -1.91. The maximum Gasteiger partial charge on any atom is 0.212 e. The van der Waals surface area contributed by atoms with E-state index in [0.717, 1.165) is 11.3 Å². The summed E-state index contributed by atoms with van der Waals surface area (Å²) in [6.07, 6.45) is 0. The van der Waals surface area contributed by atoms with Crippen LogP contribution in [0.4, 0.5) is 0 Å². The van der Waals surface area contributed by atoms with Gasteiger partial charge < -0.3 is 4.74 Å². The van der Waals surface area contributed by atoms with Crippen LogP contribution in [0, 0.1) is 20.8 Å². The van der Waals surface area contributed by atoms with E-state index in [1.165, 1.54) is 15.9 Å². The summed E-state index contributed by atoms with van der Waals surface area (Å²) >= 11 is 0. The van der Waals surface area contributed by atoms with E-state index in [2.05, 4.69) is 35.3 Å². The number of aromatic nitrogens is 4. The van der Waals surface area contributed by atoms with Crippen LogP contribution in [0.1, 0.15) is 22.5 Å². The highest BCUT2D eigenvalue weighted by atomic mass is 16.5. The Bertz CT molecular complexity index is 533. The van der Waals surface area contributed by atoms with Crippen molar-refractivity contribution in [2.45, 2.75) is 27.4 Å². The smallest absolute Gasteiger partial charge is 0.212 e. The number of ether oxygens (including phenoxy) is 1. The molecule has 0 spiro atoms. The zero-order valence-electron chi connectivity index (χ0n) is 10.6. The highest BCUT2D eigenvalue weighted by Gasteiger charge is 2.06. The lowest BCUT2D eigenvalue weighted by Gasteiger charge is -2.10. The molecule has 5 nitrogen and oxygen atoms in total. The SMILES string of the molecule is Cc1cc(C)c(C)c(OCc2nnn(C)n2)c1. The van der Waals surface area contributed by atoms with Crippen molar-refractivity contribution in [2.24, 2.45) is 7.05 Å². The van der Waals surface area contributed by atoms with Gasteiger partial charge in [0.05, 0.1) is 7.05 Å². The van der Waals surface area contributed by atoms with Gasteiger partial charge in [0, 0.05) is 0 Å². The first-order valence-electron chi connectivity index (χ1n) is 5.50. The molecule has 0 bridgehead atoms. The summed E-state index contributed by atoms with van der Waals surface area (Å²) in [7, 11) is 1.73. The van der Waals surface area contributed by atoms with Gasteiger partial charge in [-0.25, -0.2) is 0 Å². The van der Waals surface area contributed by atoms with Crippen molar-refractivity contribution < 1.29 is 4.74 Å². The fourth-order valence-corrected chi connectivity index (χ4v) is 1.67. The molecule has 5 heteroatoms. The predicted octanol–water partition coefficient (Wildman–Crippen LogP) is 1.71. The van der Waals surface area contributed by atoms with Crippen LogP contribution in [0.3, 0.4) is 0 Å². The van der Waals surface area contributed by atoms with Gasteiger partial charge in [0.1, 0.15) is 5.75 Å². The van der Waals surface area contributed by atoms with Crippen molar-refractivity contribution in [1.82, 2.24) is 20.2 Å². The largest absolute Gasteiger partial charge is 0.485 e. The number of nitrogens with zero attached hydrogens (tertiary/aromatic N) is 4. The molecule has 0 radical (unpaired) electrons. The number of rotatable bonds is 3. The lowest BCUT2D eigenvalue weighted by Crippen LogP contribution is -2.01. The van der Waals surface area contributed by atoms with Gasteiger partial charge in [0.2, 0.25) is 5.82 Å². The molecule has 1 aromatic heterocycles. The quantitative estimate of drug-likeness (QED) is 0.808. The van der Waals surface area contributed by atoms with E-state index in [0.29, 0.717) is 12.4 Å². The van der Waals surface area contributed by atoms with Crippen LogP contribution < -0.4 is 4.74 Å². The van der Waals surface area contributed by atoms with E-state index in [9.17, 15) is 0 Å². The minimum absolute atomic E-state index is 0.345. The fraction of sp³-hybridized carbons (Fsp3) is 0.417. The van der Waals surface area contributed by atoms with E-state index < -0.39 is 0 Å². The molecule has 0 aliphatic heterocycles. The number of benzene rings is 1. The summed E-state index contributed by atoms with van der Waals surface area (Å²) in [5.41, 5.74) is 3.57. The lowest BCUT2D eigenvalue weighted by atomic mass is 10.1. The topological polar surface area (TPSA) is 52.8 Å². The molecule has 90 valence electrons. The zero-order valence-corrected chi connectivity index (χ0v) is 10.6. The molecule has 2 aromatic rings. The van der Waals surface area contributed by atoms with Gasteiger partial charge in [0.25, 0.3) is 0 Å². The van der Waals surface area contributed by atoms with Crippen molar-refractivity contribution in [3.05, 3.63) is 34.6 Å². The van der Waals surface area contributed by atoms with Crippen LogP contribution in [-0.4, -0.2) is 20.2 Å². The highest BCUT2D eigenvalue weighted by Crippen LogP contribution is 2.23. The van der Waals surface area contributed by atoms with Gasteiger partial charge >= 0.3 is 0 Å². The van der Waals surface area contributed by atoms with Crippen LogP contribution in [0.2, 0.25) is 0 Å². The maximum absolute atomic E-state index is 5.72. The van der Waals surface area contributed by atoms with Crippen molar-refractivity contribution >= 4 is 0 Å². The van der Waals surface area contributed by atoms with E-state index in [4.69, 9.17) is 4.74 Å². The molecule has 1 heterocycles. The number of tetrazole rings is 1. The Morgan fingerprint density at radius 2 is 2.00 bits per heavy atom. The van der Waals surface area contributed by atoms with Crippen LogP contribution in [0.5, 0.6) is 5.75 Å². The Morgan fingerprint density at radius 3 is 2.65 bits per heavy atom.